The van der Waals surface area contributed by atoms with Crippen LogP contribution in [0.3, 0.4) is 0 Å². The molecule has 1 amide bonds. The fourth-order valence-corrected chi connectivity index (χ4v) is 5.44. The van der Waals surface area contributed by atoms with Crippen LogP contribution in [0.2, 0.25) is 0 Å². The molecule has 3 unspecified atom stereocenters. The van der Waals surface area contributed by atoms with Crippen LogP contribution in [-0.4, -0.2) is 64.9 Å². The van der Waals surface area contributed by atoms with Crippen molar-refractivity contribution < 1.29 is 47.8 Å². The fraction of sp³-hybridized carbons (Fsp3) is 0.906. The molecule has 0 aromatic carbocycles. The van der Waals surface area contributed by atoms with Gasteiger partial charge in [0.1, 0.15) is 12.7 Å². The molecule has 0 aliphatic rings. The number of carboxylic acids is 1. The molecular formula is C32H62NO10P. The van der Waals surface area contributed by atoms with Crippen molar-refractivity contribution in [2.24, 2.45) is 0 Å². The number of aliphatic hydroxyl groups excluding tert-OH is 1. The summed E-state index contributed by atoms with van der Waals surface area (Å²) >= 11 is 0. The zero-order valence-electron chi connectivity index (χ0n) is 27.5. The van der Waals surface area contributed by atoms with Gasteiger partial charge in [-0.1, -0.05) is 129 Å². The Bertz CT molecular complexity index is 782. The van der Waals surface area contributed by atoms with E-state index in [1.807, 2.05) is 0 Å². The van der Waals surface area contributed by atoms with E-state index in [-0.39, 0.29) is 12.8 Å². The predicted octanol–water partition coefficient (Wildman–Crippen LogP) is 7.22. The Morgan fingerprint density at radius 2 is 1.05 bits per heavy atom. The molecule has 12 heteroatoms. The molecular weight excluding hydrogens is 589 g/mol. The Hall–Kier alpha value is -1.52. The van der Waals surface area contributed by atoms with Gasteiger partial charge in [0.25, 0.3) is 0 Å². The Morgan fingerprint density at radius 3 is 1.52 bits per heavy atom. The number of amides is 1. The number of phosphoric ester groups is 1. The van der Waals surface area contributed by atoms with E-state index in [1.54, 1.807) is 0 Å². The summed E-state index contributed by atoms with van der Waals surface area (Å²) in [5.41, 5.74) is 0. The second-order valence-corrected chi connectivity index (χ2v) is 13.2. The van der Waals surface area contributed by atoms with E-state index in [9.17, 15) is 34.1 Å². The van der Waals surface area contributed by atoms with Gasteiger partial charge in [-0.25, -0.2) is 9.36 Å². The van der Waals surface area contributed by atoms with Crippen LogP contribution in [0, 0.1) is 0 Å². The lowest BCUT2D eigenvalue weighted by Gasteiger charge is -2.18. The normalized spacial score (nSPS) is 14.1. The maximum absolute atomic E-state index is 12.2. The molecule has 44 heavy (non-hydrogen) atoms. The van der Waals surface area contributed by atoms with Gasteiger partial charge < -0.3 is 25.2 Å². The maximum Gasteiger partial charge on any atom is 0.472 e. The Kier molecular flexibility index (Phi) is 27.9. The molecule has 260 valence electrons. The third-order valence-corrected chi connectivity index (χ3v) is 8.35. The lowest BCUT2D eigenvalue weighted by Crippen LogP contribution is -2.43. The number of aliphatic carboxylic acids is 1. The van der Waals surface area contributed by atoms with Gasteiger partial charge in [-0.3, -0.25) is 18.6 Å². The number of nitrogens with one attached hydrogen (secondary N) is 1. The summed E-state index contributed by atoms with van der Waals surface area (Å²) in [6.45, 7) is 2.42. The van der Waals surface area contributed by atoms with Gasteiger partial charge in [0.15, 0.2) is 6.04 Å². The molecule has 0 radical (unpaired) electrons. The molecule has 0 saturated carbocycles. The van der Waals surface area contributed by atoms with Crippen LogP contribution in [0.4, 0.5) is 0 Å². The van der Waals surface area contributed by atoms with Gasteiger partial charge in [0, 0.05) is 12.8 Å². The summed E-state index contributed by atoms with van der Waals surface area (Å²) in [5.74, 6) is -2.38. The first kappa shape index (κ1) is 42.5. The van der Waals surface area contributed by atoms with Gasteiger partial charge in [-0.15, -0.1) is 0 Å². The first-order valence-corrected chi connectivity index (χ1v) is 18.6. The monoisotopic (exact) mass is 651 g/mol. The van der Waals surface area contributed by atoms with Crippen molar-refractivity contribution in [1.82, 2.24) is 5.32 Å². The van der Waals surface area contributed by atoms with E-state index < -0.39 is 57.6 Å². The lowest BCUT2D eigenvalue weighted by molar-refractivity contribution is -0.147. The number of esters is 1. The van der Waals surface area contributed by atoms with E-state index in [2.05, 4.69) is 23.7 Å². The predicted molar refractivity (Wildman–Crippen MR) is 171 cm³/mol. The van der Waals surface area contributed by atoms with Gasteiger partial charge >= 0.3 is 19.8 Å². The van der Waals surface area contributed by atoms with Crippen LogP contribution >= 0.6 is 7.82 Å². The van der Waals surface area contributed by atoms with Crippen molar-refractivity contribution in [3.8, 4) is 0 Å². The summed E-state index contributed by atoms with van der Waals surface area (Å²) in [5, 5.41) is 21.5. The molecule has 0 aromatic heterocycles. The quantitative estimate of drug-likeness (QED) is 0.0331. The Balaban J connectivity index is 3.94. The van der Waals surface area contributed by atoms with E-state index in [0.717, 1.165) is 38.5 Å². The minimum absolute atomic E-state index is 0.152. The van der Waals surface area contributed by atoms with Crippen LogP contribution in [0.15, 0.2) is 0 Å². The second-order valence-electron chi connectivity index (χ2n) is 11.7. The average Bonchev–Trinajstić information content (AvgIpc) is 2.99. The third kappa shape index (κ3) is 28.0. The highest BCUT2D eigenvalue weighted by molar-refractivity contribution is 7.47. The molecule has 0 aliphatic heterocycles. The minimum Gasteiger partial charge on any atom is -0.480 e. The van der Waals surface area contributed by atoms with E-state index in [1.165, 1.54) is 77.0 Å². The van der Waals surface area contributed by atoms with Crippen molar-refractivity contribution in [2.45, 2.75) is 167 Å². The first-order chi connectivity index (χ1) is 21.1. The number of carboxylic acid groups (broad SMARTS) is 1. The number of hydrogen-bond donors (Lipinski definition) is 4. The average molecular weight is 652 g/mol. The lowest BCUT2D eigenvalue weighted by atomic mass is 10.0. The molecule has 3 atom stereocenters. The number of ether oxygens (including phenoxy) is 1. The standard InChI is InChI=1S/C32H62NO10P/c1-3-5-7-9-10-11-12-13-14-15-16-17-18-19-20-21-23-30(35)33-29(32(37)38)27-43-44(39,40)42-26-28(34)25-41-31(36)24-22-8-6-4-2/h28-29,34H,3-27H2,1-2H3,(H,33,35)(H,37,38)(H,39,40). The number of rotatable bonds is 32. The Morgan fingerprint density at radius 1 is 0.636 bits per heavy atom. The number of carbonyl (C=O) groups is 3. The molecule has 4 N–H and O–H groups in total. The number of unbranched alkanes of at least 4 members (excludes halogenated alkanes) is 18. The number of carbonyl (C=O) groups excluding carboxylic acids is 2. The molecule has 0 aromatic rings. The number of aliphatic hydroxyl groups is 1. The van der Waals surface area contributed by atoms with Crippen LogP contribution in [0.25, 0.3) is 0 Å². The summed E-state index contributed by atoms with van der Waals surface area (Å²) in [4.78, 5) is 45.2. The van der Waals surface area contributed by atoms with Gasteiger partial charge in [0.2, 0.25) is 5.91 Å². The molecule has 0 fully saturated rings. The van der Waals surface area contributed by atoms with E-state index >= 15 is 0 Å². The van der Waals surface area contributed by atoms with Crippen LogP contribution in [0.1, 0.15) is 155 Å². The van der Waals surface area contributed by atoms with Crippen molar-refractivity contribution in [3.63, 3.8) is 0 Å². The van der Waals surface area contributed by atoms with Crippen LogP contribution < -0.4 is 5.32 Å². The summed E-state index contributed by atoms with van der Waals surface area (Å²) in [6.07, 6.45) is 22.1. The summed E-state index contributed by atoms with van der Waals surface area (Å²) in [6, 6.07) is -1.54. The minimum atomic E-state index is -4.73. The highest BCUT2D eigenvalue weighted by Gasteiger charge is 2.28. The molecule has 0 heterocycles. The zero-order valence-corrected chi connectivity index (χ0v) is 28.4. The molecule has 0 spiro atoms. The van der Waals surface area contributed by atoms with Gasteiger partial charge in [-0.2, -0.15) is 0 Å². The molecule has 0 aliphatic carbocycles. The van der Waals surface area contributed by atoms with Gasteiger partial charge in [-0.05, 0) is 12.8 Å². The molecule has 11 nitrogen and oxygen atoms in total. The van der Waals surface area contributed by atoms with Crippen LogP contribution in [0.5, 0.6) is 0 Å². The summed E-state index contributed by atoms with van der Waals surface area (Å²) < 4.78 is 26.4. The molecule has 0 rings (SSSR count). The van der Waals surface area contributed by atoms with Crippen molar-refractivity contribution in [3.05, 3.63) is 0 Å². The number of hydrogen-bond acceptors (Lipinski definition) is 8. The summed E-state index contributed by atoms with van der Waals surface area (Å²) in [7, 11) is -4.73. The van der Waals surface area contributed by atoms with Gasteiger partial charge in [0.05, 0.1) is 13.2 Å². The smallest absolute Gasteiger partial charge is 0.472 e. The highest BCUT2D eigenvalue weighted by Crippen LogP contribution is 2.43. The zero-order chi connectivity index (χ0) is 32.9. The maximum atomic E-state index is 12.2. The molecule has 0 bridgehead atoms. The van der Waals surface area contributed by atoms with E-state index in [4.69, 9.17) is 9.26 Å². The van der Waals surface area contributed by atoms with Crippen molar-refractivity contribution >= 4 is 25.7 Å². The SMILES string of the molecule is CCCCCCCCCCCCCCCCCCC(=O)NC(COP(=O)(O)OCC(O)COC(=O)CCCCCC)C(=O)O. The number of phosphoric acid groups is 1. The Labute approximate surface area is 265 Å². The highest BCUT2D eigenvalue weighted by atomic mass is 31.2. The first-order valence-electron chi connectivity index (χ1n) is 17.1. The molecule has 0 saturated heterocycles. The fourth-order valence-electron chi connectivity index (χ4n) is 4.67. The third-order valence-electron chi connectivity index (χ3n) is 7.40. The van der Waals surface area contributed by atoms with Crippen molar-refractivity contribution in [1.29, 1.82) is 0 Å². The second kappa shape index (κ2) is 28.9. The largest absolute Gasteiger partial charge is 0.480 e. The topological polar surface area (TPSA) is 169 Å². The van der Waals surface area contributed by atoms with E-state index in [0.29, 0.717) is 12.8 Å². The van der Waals surface area contributed by atoms with Crippen molar-refractivity contribution in [2.75, 3.05) is 19.8 Å². The van der Waals surface area contributed by atoms with Crippen LogP contribution in [-0.2, 0) is 32.7 Å².